The fourth-order valence-electron chi connectivity index (χ4n) is 4.72. The van der Waals surface area contributed by atoms with Gasteiger partial charge in [-0.2, -0.15) is 0 Å². The average molecular weight is 421 g/mol. The number of benzene rings is 2. The lowest BCUT2D eigenvalue weighted by atomic mass is 9.93. The first-order chi connectivity index (χ1) is 15.0. The van der Waals surface area contributed by atoms with Crippen LogP contribution in [0.1, 0.15) is 48.4 Å². The Labute approximate surface area is 182 Å². The summed E-state index contributed by atoms with van der Waals surface area (Å²) in [5, 5.41) is 11.3. The molecule has 1 saturated heterocycles. The molecule has 1 saturated carbocycles. The van der Waals surface area contributed by atoms with Gasteiger partial charge in [0, 0.05) is 6.04 Å². The van der Waals surface area contributed by atoms with Crippen LogP contribution in [0, 0.1) is 6.92 Å². The maximum atomic E-state index is 13.2. The zero-order chi connectivity index (χ0) is 22.1. The van der Waals surface area contributed by atoms with Crippen molar-refractivity contribution in [1.82, 2.24) is 4.90 Å². The molecule has 1 heterocycles. The molecule has 1 amide bonds. The quantitative estimate of drug-likeness (QED) is 0.441. The number of carbonyl (C=O) groups excluding carboxylic acids is 2. The van der Waals surface area contributed by atoms with Crippen LogP contribution in [0.3, 0.4) is 0 Å². The summed E-state index contributed by atoms with van der Waals surface area (Å²) in [6.45, 7) is 1.97. The maximum Gasteiger partial charge on any atom is 0.295 e. The van der Waals surface area contributed by atoms with Crippen LogP contribution in [0.4, 0.5) is 0 Å². The van der Waals surface area contributed by atoms with E-state index in [1.807, 2.05) is 31.2 Å². The van der Waals surface area contributed by atoms with E-state index in [9.17, 15) is 14.7 Å². The van der Waals surface area contributed by atoms with Crippen molar-refractivity contribution in [2.45, 2.75) is 44.7 Å². The Hall–Kier alpha value is -3.28. The number of nitrogens with zero attached hydrogens (tertiary/aromatic N) is 1. The standard InChI is InChI=1S/C25H27NO5/c1-15-7-6-8-16(13-15)22-21(24(28)25(29)26(22)17-9-4-5-10-17)23(27)19-14-18(30-2)11-12-20(19)31-3/h6-8,11-14,17,22,27H,4-5,9-10H2,1-3H3/b23-21+. The Morgan fingerprint density at radius 3 is 2.42 bits per heavy atom. The lowest BCUT2D eigenvalue weighted by molar-refractivity contribution is -0.141. The zero-order valence-electron chi connectivity index (χ0n) is 18.1. The van der Waals surface area contributed by atoms with Crippen LogP contribution in [0.2, 0.25) is 0 Å². The highest BCUT2D eigenvalue weighted by molar-refractivity contribution is 6.46. The summed E-state index contributed by atoms with van der Waals surface area (Å²) in [6.07, 6.45) is 3.77. The van der Waals surface area contributed by atoms with E-state index in [-0.39, 0.29) is 17.4 Å². The number of methoxy groups -OCH3 is 2. The zero-order valence-corrected chi connectivity index (χ0v) is 18.1. The van der Waals surface area contributed by atoms with Gasteiger partial charge in [-0.3, -0.25) is 9.59 Å². The van der Waals surface area contributed by atoms with E-state index in [4.69, 9.17) is 9.47 Å². The second-order valence-electron chi connectivity index (χ2n) is 8.12. The fourth-order valence-corrected chi connectivity index (χ4v) is 4.72. The number of aryl methyl sites for hydroxylation is 1. The summed E-state index contributed by atoms with van der Waals surface area (Å²) < 4.78 is 10.7. The van der Waals surface area contributed by atoms with Gasteiger partial charge in [0.15, 0.2) is 0 Å². The van der Waals surface area contributed by atoms with Crippen LogP contribution >= 0.6 is 0 Å². The molecule has 6 heteroatoms. The molecule has 0 bridgehead atoms. The van der Waals surface area contributed by atoms with E-state index in [1.54, 1.807) is 23.1 Å². The van der Waals surface area contributed by atoms with Gasteiger partial charge < -0.3 is 19.5 Å². The topological polar surface area (TPSA) is 76.1 Å². The van der Waals surface area contributed by atoms with E-state index in [0.717, 1.165) is 36.8 Å². The van der Waals surface area contributed by atoms with Crippen LogP contribution in [-0.2, 0) is 9.59 Å². The van der Waals surface area contributed by atoms with Crippen molar-refractivity contribution in [3.8, 4) is 11.5 Å². The normalized spacial score (nSPS) is 21.0. The van der Waals surface area contributed by atoms with Gasteiger partial charge >= 0.3 is 0 Å². The van der Waals surface area contributed by atoms with Crippen LogP contribution in [0.15, 0.2) is 48.0 Å². The van der Waals surface area contributed by atoms with Crippen LogP contribution in [0.5, 0.6) is 11.5 Å². The predicted octanol–water partition coefficient (Wildman–Crippen LogP) is 4.38. The lowest BCUT2D eigenvalue weighted by Crippen LogP contribution is -2.37. The number of hydrogen-bond acceptors (Lipinski definition) is 5. The summed E-state index contributed by atoms with van der Waals surface area (Å²) in [6, 6.07) is 12.1. The van der Waals surface area contributed by atoms with Gasteiger partial charge in [-0.1, -0.05) is 42.7 Å². The Morgan fingerprint density at radius 2 is 1.77 bits per heavy atom. The third-order valence-corrected chi connectivity index (χ3v) is 6.22. The van der Waals surface area contributed by atoms with Gasteiger partial charge in [0.2, 0.25) is 0 Å². The molecule has 0 aromatic heterocycles. The molecule has 0 spiro atoms. The minimum Gasteiger partial charge on any atom is -0.507 e. The Bertz CT molecular complexity index is 1050. The molecular formula is C25H27NO5. The lowest BCUT2D eigenvalue weighted by Gasteiger charge is -2.31. The highest BCUT2D eigenvalue weighted by Crippen LogP contribution is 2.44. The molecule has 2 fully saturated rings. The molecule has 1 atom stereocenters. The summed E-state index contributed by atoms with van der Waals surface area (Å²) in [7, 11) is 3.02. The van der Waals surface area contributed by atoms with Crippen molar-refractivity contribution in [3.05, 3.63) is 64.7 Å². The van der Waals surface area contributed by atoms with Gasteiger partial charge in [-0.05, 0) is 43.5 Å². The number of likely N-dealkylation sites (tertiary alicyclic amines) is 1. The molecule has 4 rings (SSSR count). The number of carbonyl (C=O) groups is 2. The number of amides is 1. The van der Waals surface area contributed by atoms with Crippen LogP contribution in [-0.4, -0.2) is 42.0 Å². The van der Waals surface area contributed by atoms with Crippen molar-refractivity contribution in [2.24, 2.45) is 0 Å². The molecule has 1 unspecified atom stereocenters. The largest absolute Gasteiger partial charge is 0.507 e. The SMILES string of the molecule is COc1ccc(OC)c(/C(O)=C2\C(=O)C(=O)N(C3CCCC3)C2c2cccc(C)c2)c1. The van der Waals surface area contributed by atoms with Crippen molar-refractivity contribution in [3.63, 3.8) is 0 Å². The van der Waals surface area contributed by atoms with Crippen molar-refractivity contribution in [2.75, 3.05) is 14.2 Å². The Balaban J connectivity index is 1.94. The monoisotopic (exact) mass is 421 g/mol. The molecule has 1 N–H and O–H groups in total. The molecule has 1 aliphatic carbocycles. The average Bonchev–Trinajstić information content (AvgIpc) is 3.39. The van der Waals surface area contributed by atoms with E-state index >= 15 is 0 Å². The predicted molar refractivity (Wildman–Crippen MR) is 117 cm³/mol. The van der Waals surface area contributed by atoms with E-state index < -0.39 is 17.7 Å². The van der Waals surface area contributed by atoms with Crippen molar-refractivity contribution >= 4 is 17.4 Å². The molecule has 2 aromatic carbocycles. The number of ketones is 1. The van der Waals surface area contributed by atoms with Gasteiger partial charge in [0.05, 0.1) is 31.4 Å². The van der Waals surface area contributed by atoms with Crippen LogP contribution in [0.25, 0.3) is 5.76 Å². The number of hydrogen-bond donors (Lipinski definition) is 1. The summed E-state index contributed by atoms with van der Waals surface area (Å²) >= 11 is 0. The second kappa shape index (κ2) is 8.46. The number of ether oxygens (including phenoxy) is 2. The first kappa shape index (κ1) is 21.0. The summed E-state index contributed by atoms with van der Waals surface area (Å²) in [4.78, 5) is 28.1. The van der Waals surface area contributed by atoms with Crippen molar-refractivity contribution in [1.29, 1.82) is 0 Å². The molecule has 0 radical (unpaired) electrons. The number of Topliss-reactive ketones (excluding diaryl/α,β-unsaturated/α-hetero) is 1. The molecule has 162 valence electrons. The Morgan fingerprint density at radius 1 is 1.03 bits per heavy atom. The third-order valence-electron chi connectivity index (χ3n) is 6.22. The van der Waals surface area contributed by atoms with Gasteiger partial charge in [0.1, 0.15) is 17.3 Å². The minimum atomic E-state index is -0.666. The molecular weight excluding hydrogens is 394 g/mol. The molecule has 1 aliphatic heterocycles. The number of rotatable bonds is 5. The smallest absolute Gasteiger partial charge is 0.295 e. The molecule has 6 nitrogen and oxygen atoms in total. The first-order valence-electron chi connectivity index (χ1n) is 10.5. The third kappa shape index (κ3) is 3.67. The number of aliphatic hydroxyl groups is 1. The maximum absolute atomic E-state index is 13.2. The van der Waals surface area contributed by atoms with Crippen LogP contribution < -0.4 is 9.47 Å². The second-order valence-corrected chi connectivity index (χ2v) is 8.12. The van der Waals surface area contributed by atoms with Gasteiger partial charge in [0.25, 0.3) is 11.7 Å². The summed E-state index contributed by atoms with van der Waals surface area (Å²) in [5.41, 5.74) is 2.25. The first-order valence-corrected chi connectivity index (χ1v) is 10.5. The van der Waals surface area contributed by atoms with Crippen molar-refractivity contribution < 1.29 is 24.2 Å². The van der Waals surface area contributed by atoms with E-state index in [2.05, 4.69) is 0 Å². The van der Waals surface area contributed by atoms with E-state index in [1.165, 1.54) is 14.2 Å². The Kier molecular flexibility index (Phi) is 5.72. The summed E-state index contributed by atoms with van der Waals surface area (Å²) in [5.74, 6) is -0.559. The molecule has 2 aliphatic rings. The highest BCUT2D eigenvalue weighted by atomic mass is 16.5. The molecule has 2 aromatic rings. The van der Waals surface area contributed by atoms with Gasteiger partial charge in [-0.25, -0.2) is 0 Å². The molecule has 31 heavy (non-hydrogen) atoms. The highest BCUT2D eigenvalue weighted by Gasteiger charge is 2.49. The number of aliphatic hydroxyl groups excluding tert-OH is 1. The fraction of sp³-hybridized carbons (Fsp3) is 0.360. The van der Waals surface area contributed by atoms with Gasteiger partial charge in [-0.15, -0.1) is 0 Å². The minimum absolute atomic E-state index is 0.0144. The van der Waals surface area contributed by atoms with E-state index in [0.29, 0.717) is 17.1 Å².